The van der Waals surface area contributed by atoms with Gasteiger partial charge in [0.25, 0.3) is 0 Å². The van der Waals surface area contributed by atoms with Crippen molar-refractivity contribution in [3.05, 3.63) is 81.4 Å². The van der Waals surface area contributed by atoms with Gasteiger partial charge in [0.05, 0.1) is 0 Å². The van der Waals surface area contributed by atoms with E-state index in [2.05, 4.69) is 150 Å². The average Bonchev–Trinajstić information content (AvgIpc) is 2.93. The summed E-state index contributed by atoms with van der Waals surface area (Å²) >= 11 is -1.49. The summed E-state index contributed by atoms with van der Waals surface area (Å²) in [6, 6.07) is 17.0. The van der Waals surface area contributed by atoms with Gasteiger partial charge in [0.1, 0.15) is 0 Å². The van der Waals surface area contributed by atoms with Crippen molar-refractivity contribution in [3.63, 3.8) is 0 Å². The summed E-state index contributed by atoms with van der Waals surface area (Å²) in [5.41, 5.74) is 24.7. The molecular formula is C40H58N2SiSn. The summed E-state index contributed by atoms with van der Waals surface area (Å²) in [6.07, 6.45) is 0. The van der Waals surface area contributed by atoms with Crippen molar-refractivity contribution in [2.75, 3.05) is 0 Å². The van der Waals surface area contributed by atoms with E-state index in [4.69, 9.17) is 0 Å². The van der Waals surface area contributed by atoms with Gasteiger partial charge in [-0.2, -0.15) is 0 Å². The normalized spacial score (nSPS) is 12.4. The van der Waals surface area contributed by atoms with Crippen LogP contribution in [-0.2, 0) is 0 Å². The molecule has 4 heteroatoms. The Morgan fingerprint density at radius 3 is 1.11 bits per heavy atom. The fourth-order valence-electron chi connectivity index (χ4n) is 6.12. The fraction of sp³-hybridized carbons (Fsp3) is 0.525. The molecule has 3 aromatic carbocycles. The summed E-state index contributed by atoms with van der Waals surface area (Å²) in [4.78, 5) is 4.08. The predicted molar refractivity (Wildman–Crippen MR) is 199 cm³/mol. The molecule has 0 fully saturated rings. The van der Waals surface area contributed by atoms with E-state index in [1.165, 1.54) is 59.2 Å². The SMILES string of the molecule is CC(C)c1cc(C(C)C)c(-c2cccc(-c3c(C(C)C)cc(C(C)C)cc3C(C)C)[c]2[Sn][C](=[N+]=[N-])[Si](C)(C)C)c(C(C)C)c1. The van der Waals surface area contributed by atoms with Crippen LogP contribution in [0, 0.1) is 0 Å². The Morgan fingerprint density at radius 1 is 0.568 bits per heavy atom. The molecule has 0 aliphatic heterocycles. The molecule has 0 unspecified atom stereocenters. The van der Waals surface area contributed by atoms with Crippen LogP contribution in [0.2, 0.25) is 19.6 Å². The van der Waals surface area contributed by atoms with Crippen molar-refractivity contribution < 1.29 is 4.79 Å². The van der Waals surface area contributed by atoms with E-state index in [9.17, 15) is 5.53 Å². The third kappa shape index (κ3) is 7.88. The van der Waals surface area contributed by atoms with E-state index in [0.717, 1.165) is 3.35 Å². The second-order valence-electron chi connectivity index (χ2n) is 15.6. The molecule has 0 aliphatic rings. The Labute approximate surface area is 281 Å². The fourth-order valence-corrected chi connectivity index (χ4v) is 13.6. The monoisotopic (exact) mass is 714 g/mol. The molecule has 3 aromatic rings. The summed E-state index contributed by atoms with van der Waals surface area (Å²) in [6.45, 7) is 35.0. The van der Waals surface area contributed by atoms with E-state index >= 15 is 0 Å². The zero-order valence-corrected chi connectivity index (χ0v) is 34.3. The van der Waals surface area contributed by atoms with Gasteiger partial charge in [0.2, 0.25) is 0 Å². The molecule has 0 heterocycles. The molecule has 0 spiro atoms. The van der Waals surface area contributed by atoms with Crippen LogP contribution in [0.3, 0.4) is 0 Å². The quantitative estimate of drug-likeness (QED) is 0.0821. The standard InChI is InChI=1S/C36H49.C4H9N2Si.Sn/c1-21(2)29-17-31(23(5)6)35(32(18-29)24(7)8)27-14-13-15-28(16-27)36-33(25(9)10)19-30(22(3)4)20-34(36)26(11)12;1-7(2,3)4-6-5;/h13-15,17-26H,1-12H3;1-3H3;. The van der Waals surface area contributed by atoms with Crippen LogP contribution in [0.5, 0.6) is 0 Å². The topological polar surface area (TPSA) is 36.4 Å². The van der Waals surface area contributed by atoms with E-state index in [1.807, 2.05) is 0 Å². The summed E-state index contributed by atoms with van der Waals surface area (Å²) in [5, 5.41) is 0. The molecule has 0 saturated heterocycles. The molecular weight excluding hydrogens is 655 g/mol. The molecule has 44 heavy (non-hydrogen) atoms. The number of benzene rings is 3. The third-order valence-corrected chi connectivity index (χ3v) is 20.9. The maximum absolute atomic E-state index is 10.5. The van der Waals surface area contributed by atoms with Crippen molar-refractivity contribution in [2.24, 2.45) is 0 Å². The van der Waals surface area contributed by atoms with Gasteiger partial charge in [-0.1, -0.05) is 0 Å². The van der Waals surface area contributed by atoms with Gasteiger partial charge < -0.3 is 0 Å². The first kappa shape index (κ1) is 36.5. The zero-order chi connectivity index (χ0) is 33.3. The summed E-state index contributed by atoms with van der Waals surface area (Å²) in [5.74, 6) is 2.54. The van der Waals surface area contributed by atoms with Gasteiger partial charge in [-0.05, 0) is 0 Å². The predicted octanol–water partition coefficient (Wildman–Crippen LogP) is 11.6. The van der Waals surface area contributed by atoms with Crippen molar-refractivity contribution in [1.29, 1.82) is 0 Å². The first-order chi connectivity index (χ1) is 20.4. The minimum atomic E-state index is -1.83. The maximum atomic E-state index is 10.5. The first-order valence-electron chi connectivity index (χ1n) is 16.9. The van der Waals surface area contributed by atoms with Crippen molar-refractivity contribution in [2.45, 2.75) is 138 Å². The third-order valence-electron chi connectivity index (χ3n) is 8.92. The molecule has 0 atom stereocenters. The van der Waals surface area contributed by atoms with Crippen LogP contribution in [0.15, 0.2) is 42.5 Å². The minimum absolute atomic E-state index is 0.397. The summed E-state index contributed by atoms with van der Waals surface area (Å²) in [7, 11) is -1.83. The van der Waals surface area contributed by atoms with Gasteiger partial charge >= 0.3 is 283 Å². The van der Waals surface area contributed by atoms with Crippen LogP contribution < -0.4 is 3.58 Å². The zero-order valence-electron chi connectivity index (χ0n) is 30.4. The van der Waals surface area contributed by atoms with Gasteiger partial charge in [0, 0.05) is 0 Å². The number of hydrogen-bond donors (Lipinski definition) is 0. The number of nitrogens with zero attached hydrogens (tertiary/aromatic N) is 2. The van der Waals surface area contributed by atoms with Crippen LogP contribution >= 0.6 is 0 Å². The van der Waals surface area contributed by atoms with Crippen molar-refractivity contribution in [3.8, 4) is 22.3 Å². The van der Waals surface area contributed by atoms with Crippen LogP contribution in [0.1, 0.15) is 152 Å². The molecule has 0 aliphatic carbocycles. The molecule has 0 aromatic heterocycles. The van der Waals surface area contributed by atoms with E-state index < -0.39 is 29.2 Å². The molecule has 3 rings (SSSR count). The molecule has 2 nitrogen and oxygen atoms in total. The van der Waals surface area contributed by atoms with Crippen LogP contribution in [-0.4, -0.2) is 37.4 Å². The molecule has 0 bridgehead atoms. The molecule has 2 radical (unpaired) electrons. The Kier molecular flexibility index (Phi) is 12.2. The summed E-state index contributed by atoms with van der Waals surface area (Å²) < 4.78 is 2.58. The van der Waals surface area contributed by atoms with E-state index in [1.54, 1.807) is 0 Å². The molecule has 0 saturated carbocycles. The second kappa shape index (κ2) is 14.6. The number of rotatable bonds is 11. The van der Waals surface area contributed by atoms with Gasteiger partial charge in [-0.3, -0.25) is 0 Å². The van der Waals surface area contributed by atoms with Gasteiger partial charge in [0.15, 0.2) is 0 Å². The van der Waals surface area contributed by atoms with E-state index in [0.29, 0.717) is 35.5 Å². The van der Waals surface area contributed by atoms with Crippen molar-refractivity contribution >= 4 is 36.1 Å². The van der Waals surface area contributed by atoms with Gasteiger partial charge in [-0.15, -0.1) is 0 Å². The molecule has 236 valence electrons. The van der Waals surface area contributed by atoms with Crippen molar-refractivity contribution in [1.82, 2.24) is 0 Å². The Hall–Kier alpha value is -1.94. The second-order valence-corrected chi connectivity index (χ2v) is 25.5. The first-order valence-corrected chi connectivity index (χ1v) is 23.2. The molecule has 0 N–H and O–H groups in total. The van der Waals surface area contributed by atoms with Crippen LogP contribution in [0.4, 0.5) is 0 Å². The Balaban J connectivity index is 2.64. The van der Waals surface area contributed by atoms with E-state index in [-0.39, 0.29) is 0 Å². The molecule has 0 amide bonds. The average molecular weight is 714 g/mol. The Bertz CT molecular complexity index is 1380. The van der Waals surface area contributed by atoms with Gasteiger partial charge in [-0.25, -0.2) is 0 Å². The number of hydrogen-bond acceptors (Lipinski definition) is 0. The van der Waals surface area contributed by atoms with Crippen LogP contribution in [0.25, 0.3) is 27.8 Å². The Morgan fingerprint density at radius 2 is 0.886 bits per heavy atom.